The van der Waals surface area contributed by atoms with E-state index in [9.17, 15) is 4.79 Å². The predicted octanol–water partition coefficient (Wildman–Crippen LogP) is 9.96. The van der Waals surface area contributed by atoms with Gasteiger partial charge in [0.05, 0.1) is 10.8 Å². The van der Waals surface area contributed by atoms with E-state index in [2.05, 4.69) is 109 Å². The molecule has 2 atom stereocenters. The van der Waals surface area contributed by atoms with Crippen molar-refractivity contribution in [1.29, 1.82) is 0 Å². The van der Waals surface area contributed by atoms with E-state index in [-0.39, 0.29) is 26.8 Å². The molecule has 1 aliphatic rings. The minimum absolute atomic E-state index is 0.0939. The quantitative estimate of drug-likeness (QED) is 0.158. The number of ether oxygens (including phenoxy) is 1. The van der Waals surface area contributed by atoms with Gasteiger partial charge in [0.25, 0.3) is 0 Å². The zero-order chi connectivity index (χ0) is 27.3. The van der Waals surface area contributed by atoms with Crippen molar-refractivity contribution >= 4 is 41.5 Å². The van der Waals surface area contributed by atoms with Crippen LogP contribution in [0.2, 0.25) is 0 Å². The summed E-state index contributed by atoms with van der Waals surface area (Å²) in [5.41, 5.74) is 2.21. The van der Waals surface area contributed by atoms with E-state index in [1.165, 1.54) is 14.7 Å². The fourth-order valence-electron chi connectivity index (χ4n) is 5.65. The summed E-state index contributed by atoms with van der Waals surface area (Å²) >= 11 is 0. The van der Waals surface area contributed by atoms with Crippen LogP contribution < -0.4 is 10.2 Å². The highest BCUT2D eigenvalue weighted by Gasteiger charge is 2.39. The van der Waals surface area contributed by atoms with Gasteiger partial charge in [-0.05, 0) is 83.9 Å². The Balaban J connectivity index is 1.34. The van der Waals surface area contributed by atoms with Crippen molar-refractivity contribution in [2.75, 3.05) is 0 Å². The molecular weight excluding hydrogens is 541 g/mol. The molecule has 0 fully saturated rings. The van der Waals surface area contributed by atoms with Gasteiger partial charge in [-0.3, -0.25) is 4.79 Å². The third-order valence-corrected chi connectivity index (χ3v) is 12.2. The van der Waals surface area contributed by atoms with E-state index in [0.29, 0.717) is 0 Å². The summed E-state index contributed by atoms with van der Waals surface area (Å²) in [5.74, 6) is 1.79. The molecule has 2 heterocycles. The highest BCUT2D eigenvalue weighted by atomic mass is 32.2. The zero-order valence-electron chi connectivity index (χ0n) is 22.0. The summed E-state index contributed by atoms with van der Waals surface area (Å²) < 4.78 is 8.57. The molecule has 0 saturated heterocycles. The lowest BCUT2D eigenvalue weighted by molar-refractivity contribution is 0.453. The molecule has 0 aliphatic carbocycles. The molecule has 2 nitrogen and oxygen atoms in total. The molecule has 6 aromatic carbocycles. The first kappa shape index (κ1) is 24.2. The Morgan fingerprint density at radius 3 is 1.90 bits per heavy atom. The van der Waals surface area contributed by atoms with Crippen LogP contribution in [0.5, 0.6) is 11.5 Å². The first-order valence-corrected chi connectivity index (χ1v) is 16.0. The molecule has 4 heteroatoms. The average Bonchev–Trinajstić information content (AvgIpc) is 3.04. The van der Waals surface area contributed by atoms with Crippen molar-refractivity contribution in [3.05, 3.63) is 156 Å². The standard InChI is InChI=1S/C37H24O2S2/c38-37-29-15-7-9-17-33(29)40(27-11-3-1-4-12-27)34-22-20-25(23-30(34)37)26-19-21-32-36(24-26)41(28-13-5-2-6-14-28)35-18-10-8-16-31(35)39-32/h1-24H/q+2. The van der Waals surface area contributed by atoms with Gasteiger partial charge in [-0.15, -0.1) is 0 Å². The van der Waals surface area contributed by atoms with Crippen molar-refractivity contribution in [1.82, 2.24) is 0 Å². The second-order valence-corrected chi connectivity index (χ2v) is 13.9. The first-order valence-electron chi connectivity index (χ1n) is 13.5. The second kappa shape index (κ2) is 9.77. The Morgan fingerprint density at radius 2 is 1.07 bits per heavy atom. The molecule has 1 aromatic heterocycles. The van der Waals surface area contributed by atoms with Gasteiger partial charge < -0.3 is 4.74 Å². The molecule has 0 amide bonds. The van der Waals surface area contributed by atoms with Crippen LogP contribution in [0.25, 0.3) is 36.2 Å². The van der Waals surface area contributed by atoms with E-state index in [0.717, 1.165) is 47.7 Å². The van der Waals surface area contributed by atoms with E-state index in [1.54, 1.807) is 0 Å². The lowest BCUT2D eigenvalue weighted by Crippen LogP contribution is -2.12. The van der Waals surface area contributed by atoms with Crippen molar-refractivity contribution in [3.63, 3.8) is 0 Å². The normalized spacial score (nSPS) is 14.3. The van der Waals surface area contributed by atoms with Gasteiger partial charge in [0.1, 0.15) is 10.9 Å². The molecule has 7 aromatic rings. The topological polar surface area (TPSA) is 26.3 Å². The van der Waals surface area contributed by atoms with Crippen LogP contribution in [0.3, 0.4) is 0 Å². The highest BCUT2D eigenvalue weighted by molar-refractivity contribution is 7.97. The molecule has 0 bridgehead atoms. The largest absolute Gasteiger partial charge is 0.447 e. The monoisotopic (exact) mass is 564 g/mol. The maximum absolute atomic E-state index is 13.9. The van der Waals surface area contributed by atoms with Crippen LogP contribution in [0.15, 0.2) is 165 Å². The van der Waals surface area contributed by atoms with E-state index < -0.39 is 0 Å². The van der Waals surface area contributed by atoms with Gasteiger partial charge in [0.2, 0.25) is 15.2 Å². The highest BCUT2D eigenvalue weighted by Crippen LogP contribution is 2.48. The molecule has 0 saturated carbocycles. The summed E-state index contributed by atoms with van der Waals surface area (Å²) in [4.78, 5) is 18.7. The van der Waals surface area contributed by atoms with Crippen LogP contribution in [-0.2, 0) is 10.9 Å². The Hall–Kier alpha value is -4.64. The number of hydrogen-bond acceptors (Lipinski definition) is 2. The fraction of sp³-hybridized carbons (Fsp3) is 0. The first-order chi connectivity index (χ1) is 20.3. The summed E-state index contributed by atoms with van der Waals surface area (Å²) in [6.45, 7) is 0. The number of rotatable bonds is 3. The maximum Gasteiger partial charge on any atom is 0.209 e. The number of fused-ring (bicyclic) bond motifs is 4. The van der Waals surface area contributed by atoms with Gasteiger partial charge >= 0.3 is 0 Å². The van der Waals surface area contributed by atoms with Crippen molar-refractivity contribution in [2.24, 2.45) is 0 Å². The SMILES string of the molecule is O=c1c2ccccc2[s+](-c2ccccc2)c2ccc(-c3ccc4c(c3)[S+](c3ccccc3)c3ccccc3O4)cc12. The van der Waals surface area contributed by atoms with E-state index in [1.807, 2.05) is 36.4 Å². The van der Waals surface area contributed by atoms with Crippen LogP contribution in [0.4, 0.5) is 0 Å². The third-order valence-electron chi connectivity index (χ3n) is 7.54. The zero-order valence-corrected chi connectivity index (χ0v) is 23.6. The lowest BCUT2D eigenvalue weighted by atomic mass is 10.0. The Bertz CT molecular complexity index is 2150. The van der Waals surface area contributed by atoms with Gasteiger partial charge in [-0.1, -0.05) is 66.7 Å². The van der Waals surface area contributed by atoms with Gasteiger partial charge in [-0.2, -0.15) is 0 Å². The predicted molar refractivity (Wildman–Crippen MR) is 172 cm³/mol. The molecule has 1 aliphatic heterocycles. The molecule has 8 rings (SSSR count). The lowest BCUT2D eigenvalue weighted by Gasteiger charge is -2.20. The number of para-hydroxylation sites is 1. The van der Waals surface area contributed by atoms with E-state index >= 15 is 0 Å². The van der Waals surface area contributed by atoms with Crippen LogP contribution >= 0.6 is 10.5 Å². The molecular formula is C37H24O2S2+2. The van der Waals surface area contributed by atoms with Crippen molar-refractivity contribution in [3.8, 4) is 27.5 Å². The van der Waals surface area contributed by atoms with Gasteiger partial charge in [0, 0.05) is 16.5 Å². The van der Waals surface area contributed by atoms with Gasteiger partial charge in [0.15, 0.2) is 30.7 Å². The Kier molecular flexibility index (Phi) is 5.76. The summed E-state index contributed by atoms with van der Waals surface area (Å²) in [5, 5.41) is 1.58. The molecule has 2 unspecified atom stereocenters. The Labute approximate surface area is 243 Å². The van der Waals surface area contributed by atoms with Crippen LogP contribution in [0.1, 0.15) is 0 Å². The Morgan fingerprint density at radius 1 is 0.463 bits per heavy atom. The van der Waals surface area contributed by atoms with Crippen molar-refractivity contribution in [2.45, 2.75) is 14.7 Å². The molecule has 0 spiro atoms. The smallest absolute Gasteiger partial charge is 0.209 e. The van der Waals surface area contributed by atoms with E-state index in [4.69, 9.17) is 4.74 Å². The fourth-order valence-corrected chi connectivity index (χ4v) is 10.3. The summed E-state index contributed by atoms with van der Waals surface area (Å²) in [7, 11) is -0.642. The summed E-state index contributed by atoms with van der Waals surface area (Å²) in [6.07, 6.45) is 0. The molecule has 41 heavy (non-hydrogen) atoms. The van der Waals surface area contributed by atoms with Crippen LogP contribution in [-0.4, -0.2) is 0 Å². The van der Waals surface area contributed by atoms with Gasteiger partial charge in [-0.25, -0.2) is 0 Å². The van der Waals surface area contributed by atoms with Crippen LogP contribution in [0, 0.1) is 0 Å². The van der Waals surface area contributed by atoms with Crippen molar-refractivity contribution < 1.29 is 4.74 Å². The average molecular weight is 565 g/mol. The maximum atomic E-state index is 13.9. The molecule has 0 radical (unpaired) electrons. The minimum atomic E-state index is -0.340. The third kappa shape index (κ3) is 3.99. The number of benzene rings is 6. The molecule has 194 valence electrons. The molecule has 0 N–H and O–H groups in total. The second-order valence-electron chi connectivity index (χ2n) is 9.99. The minimum Gasteiger partial charge on any atom is -0.447 e. The number of hydrogen-bond donors (Lipinski definition) is 0. The summed E-state index contributed by atoms with van der Waals surface area (Å²) in [6, 6.07) is 50.4.